The minimum atomic E-state index is 0.0319. The van der Waals surface area contributed by atoms with Crippen molar-refractivity contribution in [2.45, 2.75) is 38.5 Å². The van der Waals surface area contributed by atoms with Crippen LogP contribution in [0.5, 0.6) is 11.5 Å². The Kier molecular flexibility index (Phi) is 5.07. The molecule has 1 aromatic carbocycles. The first-order chi connectivity index (χ1) is 12.7. The molecule has 3 aliphatic rings. The van der Waals surface area contributed by atoms with Crippen LogP contribution in [-0.4, -0.2) is 39.3 Å². The van der Waals surface area contributed by atoms with E-state index >= 15 is 0 Å². The lowest BCUT2D eigenvalue weighted by molar-refractivity contribution is 0.0936. The molecule has 5 heteroatoms. The van der Waals surface area contributed by atoms with Crippen molar-refractivity contribution in [1.82, 2.24) is 10.6 Å². The second-order valence-electron chi connectivity index (χ2n) is 8.09. The summed E-state index contributed by atoms with van der Waals surface area (Å²) in [5.74, 6) is 3.85. The second-order valence-corrected chi connectivity index (χ2v) is 8.09. The van der Waals surface area contributed by atoms with Gasteiger partial charge in [0, 0.05) is 17.7 Å². The number of ether oxygens (including phenoxy) is 2. The molecule has 2 N–H and O–H groups in total. The first-order valence-corrected chi connectivity index (χ1v) is 10.0. The number of carbonyl (C=O) groups is 1. The fraction of sp³-hybridized carbons (Fsp3) is 0.667. The summed E-state index contributed by atoms with van der Waals surface area (Å²) in [5.41, 5.74) is 1.85. The van der Waals surface area contributed by atoms with Crippen molar-refractivity contribution in [3.05, 3.63) is 23.3 Å². The third kappa shape index (κ3) is 3.41. The Morgan fingerprint density at radius 3 is 3.08 bits per heavy atom. The number of hydrogen-bond acceptors (Lipinski definition) is 4. The Morgan fingerprint density at radius 1 is 1.38 bits per heavy atom. The van der Waals surface area contributed by atoms with Crippen LogP contribution in [0.3, 0.4) is 0 Å². The van der Waals surface area contributed by atoms with Crippen LogP contribution in [0, 0.1) is 17.8 Å². The highest BCUT2D eigenvalue weighted by Crippen LogP contribution is 2.56. The summed E-state index contributed by atoms with van der Waals surface area (Å²) in [5, 5.41) is 6.62. The van der Waals surface area contributed by atoms with Crippen molar-refractivity contribution >= 4 is 5.91 Å². The van der Waals surface area contributed by atoms with Gasteiger partial charge in [0.1, 0.15) is 0 Å². The average molecular weight is 358 g/mol. The predicted molar refractivity (Wildman–Crippen MR) is 101 cm³/mol. The lowest BCUT2D eigenvalue weighted by atomic mass is 9.88. The van der Waals surface area contributed by atoms with E-state index in [1.54, 1.807) is 7.11 Å². The standard InChI is InChI=1S/C21H30N2O3/c1-13-11-22-8-7-15(13)12-23-21(24)16-5-6-18(25-2)20-19(16)17-10-14(17)4-3-9-26-20/h5-6,13-15,17,22H,3-4,7-12H2,1-2H3,(H,23,24). The van der Waals surface area contributed by atoms with Crippen molar-refractivity contribution in [1.29, 1.82) is 0 Å². The molecule has 0 radical (unpaired) electrons. The van der Waals surface area contributed by atoms with Crippen LogP contribution in [0.2, 0.25) is 0 Å². The van der Waals surface area contributed by atoms with E-state index in [1.807, 2.05) is 12.1 Å². The highest BCUT2D eigenvalue weighted by atomic mass is 16.5. The molecule has 2 aliphatic heterocycles. The van der Waals surface area contributed by atoms with Crippen molar-refractivity contribution in [2.24, 2.45) is 17.8 Å². The molecule has 1 saturated heterocycles. The van der Waals surface area contributed by atoms with Crippen molar-refractivity contribution in [3.63, 3.8) is 0 Å². The SMILES string of the molecule is COc1ccc(C(=O)NCC2CCNCC2C)c2c1OCCCC1CC21. The summed E-state index contributed by atoms with van der Waals surface area (Å²) < 4.78 is 11.6. The number of nitrogens with one attached hydrogen (secondary N) is 2. The van der Waals surface area contributed by atoms with E-state index in [4.69, 9.17) is 9.47 Å². The first kappa shape index (κ1) is 17.7. The van der Waals surface area contributed by atoms with Crippen LogP contribution in [0.1, 0.15) is 54.4 Å². The molecule has 2 heterocycles. The second kappa shape index (κ2) is 7.47. The Bertz CT molecular complexity index is 675. The lowest BCUT2D eigenvalue weighted by Gasteiger charge is -2.29. The van der Waals surface area contributed by atoms with Gasteiger partial charge in [0.25, 0.3) is 5.91 Å². The lowest BCUT2D eigenvalue weighted by Crippen LogP contribution is -2.41. The van der Waals surface area contributed by atoms with E-state index in [1.165, 1.54) is 6.42 Å². The molecule has 4 unspecified atom stereocenters. The number of amides is 1. The Morgan fingerprint density at radius 2 is 2.27 bits per heavy atom. The largest absolute Gasteiger partial charge is 0.493 e. The van der Waals surface area contributed by atoms with Gasteiger partial charge in [0.15, 0.2) is 11.5 Å². The monoisotopic (exact) mass is 358 g/mol. The molecule has 26 heavy (non-hydrogen) atoms. The number of piperidine rings is 1. The van der Waals surface area contributed by atoms with Crippen LogP contribution in [0.25, 0.3) is 0 Å². The van der Waals surface area contributed by atoms with Crippen LogP contribution in [-0.2, 0) is 0 Å². The molecule has 4 rings (SSSR count). The summed E-state index contributed by atoms with van der Waals surface area (Å²) >= 11 is 0. The summed E-state index contributed by atoms with van der Waals surface area (Å²) in [6, 6.07) is 3.79. The maximum atomic E-state index is 13.0. The molecule has 1 aromatic rings. The van der Waals surface area contributed by atoms with Gasteiger partial charge in [-0.3, -0.25) is 4.79 Å². The van der Waals surface area contributed by atoms with E-state index < -0.39 is 0 Å². The van der Waals surface area contributed by atoms with Crippen LogP contribution >= 0.6 is 0 Å². The highest BCUT2D eigenvalue weighted by molar-refractivity contribution is 5.97. The molecule has 0 spiro atoms. The van der Waals surface area contributed by atoms with Crippen molar-refractivity contribution in [3.8, 4) is 11.5 Å². The number of benzene rings is 1. The summed E-state index contributed by atoms with van der Waals surface area (Å²) in [7, 11) is 1.67. The minimum Gasteiger partial charge on any atom is -0.493 e. The van der Waals surface area contributed by atoms with Gasteiger partial charge >= 0.3 is 0 Å². The Labute approximate surface area is 155 Å². The van der Waals surface area contributed by atoms with Gasteiger partial charge in [-0.05, 0) is 74.6 Å². The minimum absolute atomic E-state index is 0.0319. The third-order valence-corrected chi connectivity index (χ3v) is 6.37. The fourth-order valence-corrected chi connectivity index (χ4v) is 4.59. The summed E-state index contributed by atoms with van der Waals surface area (Å²) in [6.07, 6.45) is 4.55. The number of fused-ring (bicyclic) bond motifs is 3. The van der Waals surface area contributed by atoms with Crippen molar-refractivity contribution < 1.29 is 14.3 Å². The predicted octanol–water partition coefficient (Wildman–Crippen LogP) is 2.95. The molecular weight excluding hydrogens is 328 g/mol. The zero-order chi connectivity index (χ0) is 18.1. The Balaban J connectivity index is 1.56. The van der Waals surface area contributed by atoms with Gasteiger partial charge in [0.05, 0.1) is 13.7 Å². The number of carbonyl (C=O) groups excluding carboxylic acids is 1. The normalized spacial score (nSPS) is 30.1. The van der Waals surface area contributed by atoms with Gasteiger partial charge < -0.3 is 20.1 Å². The molecule has 0 bridgehead atoms. The molecule has 1 amide bonds. The van der Waals surface area contributed by atoms with Crippen molar-refractivity contribution in [2.75, 3.05) is 33.4 Å². The maximum Gasteiger partial charge on any atom is 0.251 e. The van der Waals surface area contributed by atoms with Gasteiger partial charge in [-0.25, -0.2) is 0 Å². The van der Waals surface area contributed by atoms with E-state index in [9.17, 15) is 4.79 Å². The molecule has 1 aliphatic carbocycles. The fourth-order valence-electron chi connectivity index (χ4n) is 4.59. The van der Waals surface area contributed by atoms with Gasteiger partial charge in [0.2, 0.25) is 0 Å². The zero-order valence-corrected chi connectivity index (χ0v) is 15.8. The molecule has 0 aromatic heterocycles. The average Bonchev–Trinajstić information content (AvgIpc) is 3.40. The summed E-state index contributed by atoms with van der Waals surface area (Å²) in [6.45, 7) is 5.78. The maximum absolute atomic E-state index is 13.0. The smallest absolute Gasteiger partial charge is 0.251 e. The quantitative estimate of drug-likeness (QED) is 0.869. The van der Waals surface area contributed by atoms with E-state index in [0.717, 1.165) is 61.5 Å². The molecule has 4 atom stereocenters. The zero-order valence-electron chi connectivity index (χ0n) is 15.8. The highest BCUT2D eigenvalue weighted by Gasteiger charge is 2.43. The van der Waals surface area contributed by atoms with Gasteiger partial charge in [-0.2, -0.15) is 0 Å². The van der Waals surface area contributed by atoms with E-state index in [-0.39, 0.29) is 5.91 Å². The number of methoxy groups -OCH3 is 1. The van der Waals surface area contributed by atoms with Crippen LogP contribution in [0.15, 0.2) is 12.1 Å². The Hall–Kier alpha value is -1.75. The number of hydrogen-bond donors (Lipinski definition) is 2. The summed E-state index contributed by atoms with van der Waals surface area (Å²) in [4.78, 5) is 13.0. The molecule has 1 saturated carbocycles. The van der Waals surface area contributed by atoms with E-state index in [0.29, 0.717) is 30.3 Å². The van der Waals surface area contributed by atoms with Crippen LogP contribution < -0.4 is 20.1 Å². The van der Waals surface area contributed by atoms with Gasteiger partial charge in [-0.15, -0.1) is 0 Å². The topological polar surface area (TPSA) is 59.6 Å². The molecule has 5 nitrogen and oxygen atoms in total. The molecule has 142 valence electrons. The van der Waals surface area contributed by atoms with Gasteiger partial charge in [-0.1, -0.05) is 6.92 Å². The van der Waals surface area contributed by atoms with Crippen LogP contribution in [0.4, 0.5) is 0 Å². The third-order valence-electron chi connectivity index (χ3n) is 6.37. The van der Waals surface area contributed by atoms with E-state index in [2.05, 4.69) is 17.6 Å². The number of rotatable bonds is 4. The molecular formula is C21H30N2O3. The first-order valence-electron chi connectivity index (χ1n) is 10.0. The molecule has 2 fully saturated rings.